The molecule has 0 spiro atoms. The molecule has 1 aromatic carbocycles. The average molecular weight is 724 g/mol. The van der Waals surface area contributed by atoms with Crippen LogP contribution in [0.1, 0.15) is 121 Å². The lowest BCUT2D eigenvalue weighted by atomic mass is 9.75. The molecule has 2 aromatic heterocycles. The summed E-state index contributed by atoms with van der Waals surface area (Å²) < 4.78 is 24.6. The van der Waals surface area contributed by atoms with Gasteiger partial charge in [-0.2, -0.15) is 5.26 Å². The Labute approximate surface area is 315 Å². The predicted molar refractivity (Wildman–Crippen MR) is 208 cm³/mol. The number of hydrogen-bond donors (Lipinski definition) is 0. The molecule has 2 atom stereocenters. The van der Waals surface area contributed by atoms with Crippen LogP contribution in [0.15, 0.2) is 54.8 Å². The summed E-state index contributed by atoms with van der Waals surface area (Å²) in [4.78, 5) is 21.0. The van der Waals surface area contributed by atoms with Gasteiger partial charge in [0.2, 0.25) is 0 Å². The highest BCUT2D eigenvalue weighted by Gasteiger charge is 2.36. The van der Waals surface area contributed by atoms with Gasteiger partial charge in [0.15, 0.2) is 17.4 Å². The minimum absolute atomic E-state index is 0.107. The number of esters is 1. The van der Waals surface area contributed by atoms with Crippen molar-refractivity contribution in [3.8, 4) is 29.0 Å². The maximum Gasteiger partial charge on any atom is 0.343 e. The molecule has 284 valence electrons. The number of rotatable bonds is 18. The standard InChI is InChI=1S/C43H57N5O5/c1-7-8-9-10-11-12-13-14-15-18-23-47-24-25-52-38(47)20-17-16-19-36-35(29-44)39(43(49)53-40-31(3)26-30(2)27-32(40)4)42-45-41(46-48(36)42)34-28-33(50-5)21-22-37(34)51-6/h16-17,19-22,24-25,28,30-32,40H,7-15,18,23,26-27H2,1-6H3/b17-16+,36-19+,38-20+. The molecule has 1 saturated carbocycles. The van der Waals surface area contributed by atoms with Gasteiger partial charge in [0.25, 0.3) is 0 Å². The third-order valence-electron chi connectivity index (χ3n) is 10.5. The average Bonchev–Trinajstić information content (AvgIpc) is 3.86. The Hall–Kier alpha value is -4.78. The van der Waals surface area contributed by atoms with E-state index in [1.165, 1.54) is 57.8 Å². The first-order valence-corrected chi connectivity index (χ1v) is 19.5. The maximum absolute atomic E-state index is 14.0. The molecule has 3 heterocycles. The van der Waals surface area contributed by atoms with Gasteiger partial charge in [-0.3, -0.25) is 0 Å². The van der Waals surface area contributed by atoms with Crippen LogP contribution in [-0.2, 0) is 9.47 Å². The first-order chi connectivity index (χ1) is 25.8. The van der Waals surface area contributed by atoms with E-state index in [9.17, 15) is 10.1 Å². The summed E-state index contributed by atoms with van der Waals surface area (Å²) in [5.41, 5.74) is 1.11. The highest BCUT2D eigenvalue weighted by Crippen LogP contribution is 2.36. The molecule has 1 fully saturated rings. The Balaban J connectivity index is 1.38. The molecule has 2 unspecified atom stereocenters. The van der Waals surface area contributed by atoms with Crippen LogP contribution in [0.2, 0.25) is 0 Å². The number of allylic oxidation sites excluding steroid dienone is 3. The molecule has 0 N–H and O–H groups in total. The van der Waals surface area contributed by atoms with Gasteiger partial charge in [-0.05, 0) is 67.4 Å². The number of nitriles is 1. The van der Waals surface area contributed by atoms with Gasteiger partial charge in [-0.15, -0.1) is 5.10 Å². The van der Waals surface area contributed by atoms with Crippen molar-refractivity contribution in [1.82, 2.24) is 19.5 Å². The summed E-state index contributed by atoms with van der Waals surface area (Å²) in [5.74, 6) is 2.61. The molecule has 53 heavy (non-hydrogen) atoms. The van der Waals surface area contributed by atoms with Crippen molar-refractivity contribution in [2.45, 2.75) is 111 Å². The molecule has 0 bridgehead atoms. The molecule has 1 aliphatic carbocycles. The van der Waals surface area contributed by atoms with Crippen LogP contribution in [0.5, 0.6) is 11.5 Å². The number of carbonyl (C=O) groups excluding carboxylic acids is 1. The number of ether oxygens (including phenoxy) is 4. The van der Waals surface area contributed by atoms with E-state index in [1.54, 1.807) is 49.3 Å². The van der Waals surface area contributed by atoms with E-state index in [0.29, 0.717) is 34.2 Å². The van der Waals surface area contributed by atoms with Crippen LogP contribution in [0.4, 0.5) is 0 Å². The summed E-state index contributed by atoms with van der Waals surface area (Å²) in [6, 6.07) is 7.62. The van der Waals surface area contributed by atoms with Gasteiger partial charge in [0.1, 0.15) is 35.5 Å². The van der Waals surface area contributed by atoms with Crippen molar-refractivity contribution < 1.29 is 23.7 Å². The molecule has 0 radical (unpaired) electrons. The van der Waals surface area contributed by atoms with E-state index < -0.39 is 5.97 Å². The van der Waals surface area contributed by atoms with Gasteiger partial charge in [-0.1, -0.05) is 97.6 Å². The van der Waals surface area contributed by atoms with Crippen molar-refractivity contribution in [2.24, 2.45) is 17.8 Å². The molecule has 3 aromatic rings. The molecular weight excluding hydrogens is 667 g/mol. The molecule has 5 rings (SSSR count). The monoisotopic (exact) mass is 723 g/mol. The highest BCUT2D eigenvalue weighted by molar-refractivity contribution is 5.99. The second-order valence-electron chi connectivity index (χ2n) is 14.7. The fourth-order valence-electron chi connectivity index (χ4n) is 7.85. The fraction of sp³-hybridized carbons (Fsp3) is 0.535. The number of nitrogens with zero attached hydrogens (tertiary/aromatic N) is 5. The third-order valence-corrected chi connectivity index (χ3v) is 10.5. The molecule has 10 heteroatoms. The number of carbonyl (C=O) groups is 1. The highest BCUT2D eigenvalue weighted by atomic mass is 16.5. The van der Waals surface area contributed by atoms with Crippen LogP contribution in [0.3, 0.4) is 0 Å². The Kier molecular flexibility index (Phi) is 14.4. The van der Waals surface area contributed by atoms with E-state index in [0.717, 1.165) is 31.7 Å². The predicted octanol–water partition coefficient (Wildman–Crippen LogP) is 9.13. The van der Waals surface area contributed by atoms with Crippen molar-refractivity contribution in [3.63, 3.8) is 0 Å². The number of methoxy groups -OCH3 is 2. The quantitative estimate of drug-likeness (QED) is 0.0937. The SMILES string of the molecule is CCCCCCCCCCCCN1C=CO/C1=C/C=C/C=c1\c(C#N)c(C(=O)OC2C(C)CC(C)CC2C)c2nc(-c3cc(OC)ccc3OC)nn12. The zero-order valence-corrected chi connectivity index (χ0v) is 32.5. The fourth-order valence-corrected chi connectivity index (χ4v) is 7.85. The molecule has 1 aliphatic heterocycles. The normalized spacial score (nSPS) is 21.1. The Morgan fingerprint density at radius 1 is 0.962 bits per heavy atom. The maximum atomic E-state index is 14.0. The van der Waals surface area contributed by atoms with Gasteiger partial charge in [0.05, 0.1) is 30.7 Å². The van der Waals surface area contributed by atoms with Crippen molar-refractivity contribution in [2.75, 3.05) is 20.8 Å². The summed E-state index contributed by atoms with van der Waals surface area (Å²) in [5, 5.41) is 15.7. The summed E-state index contributed by atoms with van der Waals surface area (Å²) in [6.07, 6.45) is 25.6. The van der Waals surface area contributed by atoms with E-state index >= 15 is 0 Å². The van der Waals surface area contributed by atoms with Crippen LogP contribution in [-0.4, -0.2) is 52.3 Å². The number of fused-ring (bicyclic) bond motifs is 1. The largest absolute Gasteiger partial charge is 0.497 e. The summed E-state index contributed by atoms with van der Waals surface area (Å²) in [7, 11) is 3.16. The minimum Gasteiger partial charge on any atom is -0.497 e. The van der Waals surface area contributed by atoms with Crippen molar-refractivity contribution in [3.05, 3.63) is 71.2 Å². The van der Waals surface area contributed by atoms with Crippen LogP contribution < -0.4 is 14.8 Å². The van der Waals surface area contributed by atoms with Crippen LogP contribution in [0, 0.1) is 29.1 Å². The minimum atomic E-state index is -0.569. The second kappa shape index (κ2) is 19.3. The van der Waals surface area contributed by atoms with E-state index in [4.69, 9.17) is 29.0 Å². The smallest absolute Gasteiger partial charge is 0.343 e. The zero-order chi connectivity index (χ0) is 37.7. The second-order valence-corrected chi connectivity index (χ2v) is 14.7. The van der Waals surface area contributed by atoms with E-state index in [-0.39, 0.29) is 34.7 Å². The molecule has 2 aliphatic rings. The van der Waals surface area contributed by atoms with E-state index in [2.05, 4.69) is 38.7 Å². The Morgan fingerprint density at radius 2 is 1.64 bits per heavy atom. The first-order valence-electron chi connectivity index (χ1n) is 19.5. The number of benzene rings is 1. The molecule has 0 amide bonds. The number of aromatic nitrogens is 3. The number of hydrogen-bond acceptors (Lipinski definition) is 9. The van der Waals surface area contributed by atoms with Crippen LogP contribution in [0.25, 0.3) is 23.1 Å². The lowest BCUT2D eigenvalue weighted by Gasteiger charge is -2.37. The van der Waals surface area contributed by atoms with Crippen molar-refractivity contribution in [1.29, 1.82) is 5.26 Å². The summed E-state index contributed by atoms with van der Waals surface area (Å²) in [6.45, 7) is 9.63. The first kappa shape index (κ1) is 39.4. The lowest BCUT2D eigenvalue weighted by Crippen LogP contribution is -2.37. The van der Waals surface area contributed by atoms with Gasteiger partial charge < -0.3 is 23.8 Å². The zero-order valence-electron chi connectivity index (χ0n) is 32.5. The van der Waals surface area contributed by atoms with Gasteiger partial charge in [0, 0.05) is 12.7 Å². The Bertz CT molecular complexity index is 1860. The van der Waals surface area contributed by atoms with Gasteiger partial charge in [-0.25, -0.2) is 14.3 Å². The molecule has 10 nitrogen and oxygen atoms in total. The summed E-state index contributed by atoms with van der Waals surface area (Å²) >= 11 is 0. The topological polar surface area (TPSA) is 111 Å². The van der Waals surface area contributed by atoms with Crippen LogP contribution >= 0.6 is 0 Å². The molecule has 0 saturated heterocycles. The van der Waals surface area contributed by atoms with Gasteiger partial charge >= 0.3 is 5.97 Å². The lowest BCUT2D eigenvalue weighted by molar-refractivity contribution is -0.0250. The number of unbranched alkanes of at least 4 members (excludes halogenated alkanes) is 9. The molecular formula is C43H57N5O5. The Morgan fingerprint density at radius 3 is 2.30 bits per heavy atom. The van der Waals surface area contributed by atoms with Crippen molar-refractivity contribution >= 4 is 17.7 Å². The van der Waals surface area contributed by atoms with E-state index in [1.807, 2.05) is 24.4 Å². The third kappa shape index (κ3) is 9.81.